The first-order chi connectivity index (χ1) is 12.8. The molecule has 8 heteroatoms. The van der Waals surface area contributed by atoms with Crippen molar-refractivity contribution in [2.45, 2.75) is 32.2 Å². The van der Waals surface area contributed by atoms with Crippen LogP contribution in [0.3, 0.4) is 0 Å². The lowest BCUT2D eigenvalue weighted by atomic mass is 9.97. The van der Waals surface area contributed by atoms with E-state index >= 15 is 0 Å². The SMILES string of the molecule is CNC(=O)NC(C)(C=O)CCC(=O)N1CCN(c2cc(F)ccc2C)CC1. The Kier molecular flexibility index (Phi) is 6.76. The molecule has 148 valence electrons. The first-order valence-electron chi connectivity index (χ1n) is 9.03. The summed E-state index contributed by atoms with van der Waals surface area (Å²) in [6.07, 6.45) is 1.05. The zero-order chi connectivity index (χ0) is 20.0. The molecule has 0 spiro atoms. The molecule has 0 aromatic heterocycles. The van der Waals surface area contributed by atoms with E-state index in [0.29, 0.717) is 32.5 Å². The minimum atomic E-state index is -1.09. The van der Waals surface area contributed by atoms with Gasteiger partial charge in [-0.3, -0.25) is 4.79 Å². The van der Waals surface area contributed by atoms with Crippen LogP contribution >= 0.6 is 0 Å². The zero-order valence-electron chi connectivity index (χ0n) is 16.0. The Morgan fingerprint density at radius 3 is 2.52 bits per heavy atom. The summed E-state index contributed by atoms with van der Waals surface area (Å²) in [6, 6.07) is 4.25. The number of carbonyl (C=O) groups is 3. The molecule has 1 aromatic rings. The van der Waals surface area contributed by atoms with E-state index in [1.54, 1.807) is 17.9 Å². The fourth-order valence-electron chi connectivity index (χ4n) is 3.12. The van der Waals surface area contributed by atoms with Gasteiger partial charge in [-0.05, 0) is 38.0 Å². The van der Waals surface area contributed by atoms with Gasteiger partial charge in [-0.25, -0.2) is 9.18 Å². The predicted molar refractivity (Wildman–Crippen MR) is 101 cm³/mol. The van der Waals surface area contributed by atoms with E-state index in [1.807, 2.05) is 6.92 Å². The van der Waals surface area contributed by atoms with Crippen LogP contribution in [0.15, 0.2) is 18.2 Å². The van der Waals surface area contributed by atoms with E-state index < -0.39 is 11.6 Å². The van der Waals surface area contributed by atoms with Gasteiger partial charge < -0.3 is 25.2 Å². The third-order valence-electron chi connectivity index (χ3n) is 4.89. The Bertz CT molecular complexity index is 704. The summed E-state index contributed by atoms with van der Waals surface area (Å²) < 4.78 is 13.5. The van der Waals surface area contributed by atoms with Crippen molar-refractivity contribution in [3.8, 4) is 0 Å². The van der Waals surface area contributed by atoms with Crippen molar-refractivity contribution in [1.82, 2.24) is 15.5 Å². The Labute approximate surface area is 158 Å². The van der Waals surface area contributed by atoms with E-state index in [9.17, 15) is 18.8 Å². The maximum absolute atomic E-state index is 13.5. The summed E-state index contributed by atoms with van der Waals surface area (Å²) in [5.74, 6) is -0.330. The number of nitrogens with zero attached hydrogens (tertiary/aromatic N) is 2. The normalized spacial score (nSPS) is 16.4. The van der Waals surface area contributed by atoms with Crippen molar-refractivity contribution in [2.75, 3.05) is 38.1 Å². The number of hydrogen-bond donors (Lipinski definition) is 2. The van der Waals surface area contributed by atoms with Gasteiger partial charge >= 0.3 is 6.03 Å². The van der Waals surface area contributed by atoms with Crippen LogP contribution < -0.4 is 15.5 Å². The van der Waals surface area contributed by atoms with Gasteiger partial charge in [0.2, 0.25) is 5.91 Å². The van der Waals surface area contributed by atoms with Gasteiger partial charge in [-0.2, -0.15) is 0 Å². The average molecular weight is 378 g/mol. The van der Waals surface area contributed by atoms with Crippen LogP contribution in [0.5, 0.6) is 0 Å². The molecule has 2 rings (SSSR count). The van der Waals surface area contributed by atoms with Crippen LogP contribution in [0, 0.1) is 12.7 Å². The smallest absolute Gasteiger partial charge is 0.315 e. The summed E-state index contributed by atoms with van der Waals surface area (Å²) >= 11 is 0. The van der Waals surface area contributed by atoms with Crippen LogP contribution in [0.4, 0.5) is 14.9 Å². The van der Waals surface area contributed by atoms with Crippen LogP contribution in [-0.4, -0.2) is 61.9 Å². The monoisotopic (exact) mass is 378 g/mol. The van der Waals surface area contributed by atoms with Crippen LogP contribution in [0.1, 0.15) is 25.3 Å². The molecule has 3 amide bonds. The number of hydrogen-bond acceptors (Lipinski definition) is 4. The average Bonchev–Trinajstić information content (AvgIpc) is 2.68. The fraction of sp³-hybridized carbons (Fsp3) is 0.526. The molecule has 27 heavy (non-hydrogen) atoms. The van der Waals surface area contributed by atoms with E-state index in [1.165, 1.54) is 19.2 Å². The lowest BCUT2D eigenvalue weighted by Crippen LogP contribution is -2.52. The number of urea groups is 1. The number of aldehydes is 1. The quantitative estimate of drug-likeness (QED) is 0.734. The molecule has 1 unspecified atom stereocenters. The molecule has 7 nitrogen and oxygen atoms in total. The number of rotatable bonds is 6. The minimum Gasteiger partial charge on any atom is -0.368 e. The second-order valence-electron chi connectivity index (χ2n) is 7.04. The van der Waals surface area contributed by atoms with E-state index in [-0.39, 0.29) is 24.6 Å². The minimum absolute atomic E-state index is 0.0580. The molecule has 2 N–H and O–H groups in total. The highest BCUT2D eigenvalue weighted by molar-refractivity contribution is 5.81. The molecule has 1 saturated heterocycles. The van der Waals surface area contributed by atoms with Gasteiger partial charge in [-0.15, -0.1) is 0 Å². The molecule has 0 radical (unpaired) electrons. The molecule has 1 aliphatic rings. The van der Waals surface area contributed by atoms with Crippen LogP contribution in [0.2, 0.25) is 0 Å². The number of benzene rings is 1. The summed E-state index contributed by atoms with van der Waals surface area (Å²) in [7, 11) is 1.46. The van der Waals surface area contributed by atoms with Crippen LogP contribution in [-0.2, 0) is 9.59 Å². The number of nitrogens with one attached hydrogen (secondary N) is 2. The number of anilines is 1. The molecule has 1 aromatic carbocycles. The number of amides is 3. The van der Waals surface area contributed by atoms with Crippen molar-refractivity contribution in [1.29, 1.82) is 0 Å². The second-order valence-corrected chi connectivity index (χ2v) is 7.04. The van der Waals surface area contributed by atoms with Gasteiger partial charge in [0.05, 0.1) is 5.54 Å². The first kappa shape index (κ1) is 20.7. The Morgan fingerprint density at radius 1 is 1.26 bits per heavy atom. The summed E-state index contributed by atoms with van der Waals surface area (Å²) in [4.78, 5) is 39.1. The molecular weight excluding hydrogens is 351 g/mol. The molecule has 0 bridgehead atoms. The third kappa shape index (κ3) is 5.42. The maximum atomic E-state index is 13.5. The van der Waals surface area contributed by atoms with Gasteiger partial charge in [0.1, 0.15) is 12.1 Å². The van der Waals surface area contributed by atoms with Crippen molar-refractivity contribution in [3.05, 3.63) is 29.6 Å². The van der Waals surface area contributed by atoms with E-state index in [0.717, 1.165) is 11.3 Å². The number of piperazine rings is 1. The van der Waals surface area contributed by atoms with Gasteiger partial charge in [0.15, 0.2) is 0 Å². The number of aryl methyl sites for hydroxylation is 1. The molecule has 1 atom stereocenters. The molecule has 1 heterocycles. The molecule has 1 fully saturated rings. The second kappa shape index (κ2) is 8.83. The standard InChI is InChI=1S/C19H27FN4O3/c1-14-4-5-15(20)12-16(14)23-8-10-24(11-9-23)17(26)6-7-19(2,13-25)22-18(27)21-3/h4-5,12-13H,6-11H2,1-3H3,(H2,21,22,27). The molecule has 0 aliphatic carbocycles. The largest absolute Gasteiger partial charge is 0.368 e. The van der Waals surface area contributed by atoms with Crippen molar-refractivity contribution in [2.24, 2.45) is 0 Å². The van der Waals surface area contributed by atoms with Crippen molar-refractivity contribution >= 4 is 23.9 Å². The third-order valence-corrected chi connectivity index (χ3v) is 4.89. The van der Waals surface area contributed by atoms with Gasteiger partial charge in [-0.1, -0.05) is 6.07 Å². The maximum Gasteiger partial charge on any atom is 0.315 e. The molecular formula is C19H27FN4O3. The summed E-state index contributed by atoms with van der Waals surface area (Å²) in [5, 5.41) is 4.96. The highest BCUT2D eigenvalue weighted by Gasteiger charge is 2.28. The van der Waals surface area contributed by atoms with Crippen molar-refractivity contribution in [3.63, 3.8) is 0 Å². The van der Waals surface area contributed by atoms with E-state index in [2.05, 4.69) is 15.5 Å². The van der Waals surface area contributed by atoms with Gasteiger partial charge in [0, 0.05) is 45.3 Å². The topological polar surface area (TPSA) is 81.8 Å². The summed E-state index contributed by atoms with van der Waals surface area (Å²) in [5.41, 5.74) is 0.764. The molecule has 0 saturated carbocycles. The highest BCUT2D eigenvalue weighted by atomic mass is 19.1. The van der Waals surface area contributed by atoms with Crippen LogP contribution in [0.25, 0.3) is 0 Å². The Morgan fingerprint density at radius 2 is 1.93 bits per heavy atom. The first-order valence-corrected chi connectivity index (χ1v) is 9.03. The fourth-order valence-corrected chi connectivity index (χ4v) is 3.12. The lowest BCUT2D eigenvalue weighted by Gasteiger charge is -2.37. The number of carbonyl (C=O) groups excluding carboxylic acids is 3. The Balaban J connectivity index is 1.88. The van der Waals surface area contributed by atoms with Crippen molar-refractivity contribution < 1.29 is 18.8 Å². The van der Waals surface area contributed by atoms with Gasteiger partial charge in [0.25, 0.3) is 0 Å². The zero-order valence-corrected chi connectivity index (χ0v) is 16.0. The Hall–Kier alpha value is -2.64. The highest BCUT2D eigenvalue weighted by Crippen LogP contribution is 2.23. The lowest BCUT2D eigenvalue weighted by molar-refractivity contribution is -0.132. The predicted octanol–water partition coefficient (Wildman–Crippen LogP) is 1.45. The number of halogens is 1. The van der Waals surface area contributed by atoms with E-state index in [4.69, 9.17) is 0 Å². The molecule has 1 aliphatic heterocycles. The summed E-state index contributed by atoms with van der Waals surface area (Å²) in [6.45, 7) is 5.85.